The third kappa shape index (κ3) is 27.4. The fraction of sp³-hybridized carbons (Fsp3) is 0.720. The van der Waals surface area contributed by atoms with Gasteiger partial charge in [0.15, 0.2) is 5.75 Å². The van der Waals surface area contributed by atoms with Gasteiger partial charge in [0.1, 0.15) is 5.75 Å². The molecule has 312 valence electrons. The molecular formula is C50H83NO4. The van der Waals surface area contributed by atoms with Crippen molar-refractivity contribution in [3.8, 4) is 11.5 Å². The van der Waals surface area contributed by atoms with E-state index in [4.69, 9.17) is 9.47 Å². The average Bonchev–Trinajstić information content (AvgIpc) is 3.37. The van der Waals surface area contributed by atoms with Crippen molar-refractivity contribution < 1.29 is 14.3 Å². The van der Waals surface area contributed by atoms with Gasteiger partial charge < -0.3 is 14.8 Å². The van der Waals surface area contributed by atoms with Gasteiger partial charge in [-0.25, -0.2) is 4.79 Å². The molecule has 0 heterocycles. The number of ether oxygens (including phenoxy) is 2. The molecule has 0 aliphatic heterocycles. The summed E-state index contributed by atoms with van der Waals surface area (Å²) in [5.41, 5.74) is 1.06. The van der Waals surface area contributed by atoms with Crippen molar-refractivity contribution in [1.29, 1.82) is 0 Å². The first kappa shape index (κ1) is 48.3. The van der Waals surface area contributed by atoms with Crippen LogP contribution in [0.3, 0.4) is 0 Å². The highest BCUT2D eigenvalue weighted by Gasteiger charge is 2.11. The minimum absolute atomic E-state index is 0.00737. The van der Waals surface area contributed by atoms with Gasteiger partial charge in [-0.1, -0.05) is 206 Å². The molecule has 5 nitrogen and oxygen atoms in total. The van der Waals surface area contributed by atoms with Crippen LogP contribution in [0.2, 0.25) is 0 Å². The molecule has 0 fully saturated rings. The zero-order valence-corrected chi connectivity index (χ0v) is 35.8. The summed E-state index contributed by atoms with van der Waals surface area (Å²) in [5, 5.41) is 3.46. The van der Waals surface area contributed by atoms with Crippen LogP contribution in [0, 0.1) is 0 Å². The van der Waals surface area contributed by atoms with Crippen molar-refractivity contribution in [1.82, 2.24) is 0 Å². The monoisotopic (exact) mass is 762 g/mol. The highest BCUT2D eigenvalue weighted by Crippen LogP contribution is 2.18. The van der Waals surface area contributed by atoms with Crippen LogP contribution in [0.4, 0.5) is 5.69 Å². The second-order valence-electron chi connectivity index (χ2n) is 16.1. The molecule has 0 saturated heterocycles. The molecule has 0 saturated carbocycles. The van der Waals surface area contributed by atoms with Gasteiger partial charge in [-0.3, -0.25) is 4.79 Å². The molecule has 5 heteroatoms. The van der Waals surface area contributed by atoms with E-state index in [1.807, 2.05) is 12.1 Å². The van der Waals surface area contributed by atoms with Crippen LogP contribution in [-0.2, 0) is 0 Å². The second kappa shape index (κ2) is 35.6. The number of nitrogens with one attached hydrogen (secondary N) is 1. The molecule has 0 aromatic heterocycles. The van der Waals surface area contributed by atoms with Crippen LogP contribution in [0.1, 0.15) is 230 Å². The van der Waals surface area contributed by atoms with Crippen LogP contribution >= 0.6 is 0 Å². The Balaban J connectivity index is 1.48. The van der Waals surface area contributed by atoms with E-state index in [0.717, 1.165) is 31.5 Å². The lowest BCUT2D eigenvalue weighted by Gasteiger charge is -2.08. The lowest BCUT2D eigenvalue weighted by atomic mass is 10.0. The SMILES string of the molecule is CCCCCCCCCCCCCCCCCCNc1ccc(C(=O)Oc2ccc(OCCCCCCCCCCCCCCCCCC)ccc2=O)cc1. The van der Waals surface area contributed by atoms with E-state index in [1.54, 1.807) is 24.3 Å². The molecule has 0 atom stereocenters. The van der Waals surface area contributed by atoms with Crippen molar-refractivity contribution in [3.63, 3.8) is 0 Å². The maximum Gasteiger partial charge on any atom is 0.343 e. The summed E-state index contributed by atoms with van der Waals surface area (Å²) in [4.78, 5) is 25.4. The molecule has 2 aromatic rings. The van der Waals surface area contributed by atoms with Crippen LogP contribution in [0.25, 0.3) is 0 Å². The molecule has 2 rings (SSSR count). The molecule has 0 radical (unpaired) electrons. The molecular weight excluding hydrogens is 679 g/mol. The number of benzene rings is 1. The summed E-state index contributed by atoms with van der Waals surface area (Å²) in [6, 6.07) is 13.6. The highest BCUT2D eigenvalue weighted by molar-refractivity contribution is 5.91. The normalized spacial score (nSPS) is 11.2. The smallest absolute Gasteiger partial charge is 0.343 e. The van der Waals surface area contributed by atoms with E-state index in [0.29, 0.717) is 17.9 Å². The van der Waals surface area contributed by atoms with E-state index >= 15 is 0 Å². The number of rotatable bonds is 38. The van der Waals surface area contributed by atoms with Gasteiger partial charge in [0.25, 0.3) is 0 Å². The molecule has 55 heavy (non-hydrogen) atoms. The highest BCUT2D eigenvalue weighted by atomic mass is 16.5. The summed E-state index contributed by atoms with van der Waals surface area (Å²) in [7, 11) is 0. The number of hydrogen-bond acceptors (Lipinski definition) is 5. The Morgan fingerprint density at radius 2 is 0.836 bits per heavy atom. The quantitative estimate of drug-likeness (QED) is 0.0545. The van der Waals surface area contributed by atoms with Gasteiger partial charge in [0.05, 0.1) is 12.2 Å². The second-order valence-corrected chi connectivity index (χ2v) is 16.1. The molecule has 0 bridgehead atoms. The van der Waals surface area contributed by atoms with Crippen molar-refractivity contribution in [2.24, 2.45) is 0 Å². The van der Waals surface area contributed by atoms with Gasteiger partial charge in [-0.05, 0) is 61.4 Å². The number of carbonyl (C=O) groups excluding carboxylic acids is 1. The van der Waals surface area contributed by atoms with E-state index in [2.05, 4.69) is 19.2 Å². The summed E-state index contributed by atoms with van der Waals surface area (Å²) < 4.78 is 11.4. The first-order chi connectivity index (χ1) is 27.1. The first-order valence-corrected chi connectivity index (χ1v) is 23.5. The van der Waals surface area contributed by atoms with Crippen LogP contribution < -0.4 is 20.2 Å². The number of unbranched alkanes of at least 4 members (excludes halogenated alkanes) is 30. The minimum Gasteiger partial charge on any atom is -0.494 e. The van der Waals surface area contributed by atoms with Gasteiger partial charge >= 0.3 is 5.97 Å². The predicted octanol–water partition coefficient (Wildman–Crippen LogP) is 15.6. The van der Waals surface area contributed by atoms with Gasteiger partial charge in [0, 0.05) is 12.2 Å². The average molecular weight is 762 g/mol. The van der Waals surface area contributed by atoms with Gasteiger partial charge in [0.2, 0.25) is 5.43 Å². The van der Waals surface area contributed by atoms with Gasteiger partial charge in [-0.2, -0.15) is 0 Å². The van der Waals surface area contributed by atoms with Crippen molar-refractivity contribution in [3.05, 3.63) is 64.3 Å². The maximum atomic E-state index is 12.8. The Morgan fingerprint density at radius 1 is 0.455 bits per heavy atom. The topological polar surface area (TPSA) is 64.6 Å². The Hall–Kier alpha value is -2.82. The Kier molecular flexibility index (Phi) is 31.3. The Morgan fingerprint density at radius 3 is 1.27 bits per heavy atom. The zero-order chi connectivity index (χ0) is 39.3. The van der Waals surface area contributed by atoms with E-state index in [9.17, 15) is 9.59 Å². The van der Waals surface area contributed by atoms with Gasteiger partial charge in [-0.15, -0.1) is 0 Å². The summed E-state index contributed by atoms with van der Waals surface area (Å²) in [5.74, 6) is 0.0800. The summed E-state index contributed by atoms with van der Waals surface area (Å²) in [6.07, 6.45) is 43.3. The van der Waals surface area contributed by atoms with Crippen molar-refractivity contribution in [2.45, 2.75) is 219 Å². The summed E-state index contributed by atoms with van der Waals surface area (Å²) in [6.45, 7) is 6.11. The fourth-order valence-electron chi connectivity index (χ4n) is 7.34. The fourth-order valence-corrected chi connectivity index (χ4v) is 7.34. The first-order valence-electron chi connectivity index (χ1n) is 23.5. The lowest BCUT2D eigenvalue weighted by Crippen LogP contribution is -2.13. The van der Waals surface area contributed by atoms with Crippen molar-refractivity contribution in [2.75, 3.05) is 18.5 Å². The van der Waals surface area contributed by atoms with E-state index < -0.39 is 5.97 Å². The number of esters is 1. The lowest BCUT2D eigenvalue weighted by molar-refractivity contribution is 0.0733. The molecule has 0 amide bonds. The van der Waals surface area contributed by atoms with E-state index in [1.165, 1.54) is 198 Å². The van der Waals surface area contributed by atoms with Crippen LogP contribution in [-0.4, -0.2) is 19.1 Å². The Bertz CT molecular complexity index is 1230. The number of carbonyl (C=O) groups is 1. The largest absolute Gasteiger partial charge is 0.494 e. The molecule has 0 aliphatic carbocycles. The molecule has 0 spiro atoms. The van der Waals surface area contributed by atoms with Crippen LogP contribution in [0.15, 0.2) is 53.3 Å². The van der Waals surface area contributed by atoms with E-state index in [-0.39, 0.29) is 11.2 Å². The number of hydrogen-bond donors (Lipinski definition) is 1. The van der Waals surface area contributed by atoms with Crippen LogP contribution in [0.5, 0.6) is 11.5 Å². The molecule has 0 unspecified atom stereocenters. The maximum absolute atomic E-state index is 12.8. The third-order valence-electron chi connectivity index (χ3n) is 11.0. The zero-order valence-electron chi connectivity index (χ0n) is 35.8. The van der Waals surface area contributed by atoms with Crippen molar-refractivity contribution >= 4 is 11.7 Å². The standard InChI is InChI=1S/C50H83NO4/c1-3-5-7-9-11-13-15-17-19-21-23-25-27-29-31-33-43-51-46-37-35-45(36-38-46)50(53)55-49-42-40-47(39-41-48(49)52)54-44-34-32-30-28-26-24-22-20-18-16-14-12-10-8-6-4-2/h35-42,51H,3-34,43-44H2,1-2H3. The minimum atomic E-state index is -0.539. The molecule has 2 aromatic carbocycles. The molecule has 0 aliphatic rings. The number of anilines is 1. The predicted molar refractivity (Wildman–Crippen MR) is 237 cm³/mol. The summed E-state index contributed by atoms with van der Waals surface area (Å²) >= 11 is 0. The Labute approximate surface area is 338 Å². The molecule has 1 N–H and O–H groups in total. The third-order valence-corrected chi connectivity index (χ3v) is 11.0.